The normalized spacial score (nSPS) is 12.7. The molecule has 1 unspecified atom stereocenters. The largest absolute Gasteiger partial charge is 0.480 e. The van der Waals surface area contributed by atoms with Gasteiger partial charge in [0.1, 0.15) is 6.04 Å². The van der Waals surface area contributed by atoms with E-state index < -0.39 is 22.0 Å². The van der Waals surface area contributed by atoms with Gasteiger partial charge in [0.25, 0.3) is 0 Å². The Morgan fingerprint density at radius 1 is 1.33 bits per heavy atom. The molecule has 3 N–H and O–H groups in total. The van der Waals surface area contributed by atoms with Crippen LogP contribution in [-0.4, -0.2) is 31.9 Å². The number of sulfonamides is 1. The molecule has 0 aliphatic carbocycles. The lowest BCUT2D eigenvalue weighted by atomic mass is 10.3. The molecule has 0 heterocycles. The summed E-state index contributed by atoms with van der Waals surface area (Å²) in [5.41, 5.74) is 0.440. The summed E-state index contributed by atoms with van der Waals surface area (Å²) < 4.78 is 25.5. The Balaban J connectivity index is 2.91. The lowest BCUT2D eigenvalue weighted by molar-refractivity contribution is -0.138. The number of carboxylic acid groups (broad SMARTS) is 1. The van der Waals surface area contributed by atoms with Gasteiger partial charge >= 0.3 is 5.97 Å². The smallest absolute Gasteiger partial charge is 0.321 e. The van der Waals surface area contributed by atoms with Crippen molar-refractivity contribution in [1.29, 1.82) is 0 Å². The Morgan fingerprint density at radius 3 is 2.33 bits per heavy atom. The standard InChI is InChI=1S/C10H12N2O5S/c1-7(10(14)15)12-18(16,17)9-4-2-8(3-5-9)11-6-13/h2-7,12H,1H3,(H,11,13)(H,14,15). The summed E-state index contributed by atoms with van der Waals surface area (Å²) in [7, 11) is -3.88. The molecule has 7 nitrogen and oxygen atoms in total. The number of benzene rings is 1. The molecular weight excluding hydrogens is 260 g/mol. The molecule has 0 saturated heterocycles. The van der Waals surface area contributed by atoms with Crippen molar-refractivity contribution in [2.24, 2.45) is 0 Å². The molecule has 0 aliphatic heterocycles. The molecule has 0 bridgehead atoms. The molecular formula is C10H12N2O5S. The molecule has 0 saturated carbocycles. The highest BCUT2D eigenvalue weighted by Gasteiger charge is 2.21. The Bertz CT molecular complexity index is 538. The maximum Gasteiger partial charge on any atom is 0.321 e. The second-order valence-corrected chi connectivity index (χ2v) is 5.18. The Morgan fingerprint density at radius 2 is 1.89 bits per heavy atom. The molecule has 0 aromatic heterocycles. The van der Waals surface area contributed by atoms with Crippen LogP contribution < -0.4 is 10.0 Å². The third-order valence-electron chi connectivity index (χ3n) is 2.09. The second-order valence-electron chi connectivity index (χ2n) is 3.47. The Labute approximate surface area is 104 Å². The first-order valence-corrected chi connectivity index (χ1v) is 6.40. The van der Waals surface area contributed by atoms with Gasteiger partial charge in [-0.3, -0.25) is 9.59 Å². The van der Waals surface area contributed by atoms with E-state index in [1.165, 1.54) is 31.2 Å². The van der Waals surface area contributed by atoms with Crippen LogP contribution in [0.3, 0.4) is 0 Å². The van der Waals surface area contributed by atoms with E-state index >= 15 is 0 Å². The van der Waals surface area contributed by atoms with Gasteiger partial charge in [-0.1, -0.05) is 0 Å². The monoisotopic (exact) mass is 272 g/mol. The van der Waals surface area contributed by atoms with Crippen molar-refractivity contribution < 1.29 is 23.1 Å². The van der Waals surface area contributed by atoms with Crippen LogP contribution in [0.15, 0.2) is 29.2 Å². The summed E-state index contributed by atoms with van der Waals surface area (Å²) in [6, 6.07) is 4.11. The van der Waals surface area contributed by atoms with Crippen molar-refractivity contribution in [2.75, 3.05) is 5.32 Å². The lowest BCUT2D eigenvalue weighted by Gasteiger charge is -2.10. The molecule has 8 heteroatoms. The molecule has 1 aromatic carbocycles. The van der Waals surface area contributed by atoms with Gasteiger partial charge in [-0.15, -0.1) is 0 Å². The Hall–Kier alpha value is -1.93. The average molecular weight is 272 g/mol. The van der Waals surface area contributed by atoms with Crippen molar-refractivity contribution in [1.82, 2.24) is 4.72 Å². The quantitative estimate of drug-likeness (QED) is 0.631. The maximum absolute atomic E-state index is 11.8. The van der Waals surface area contributed by atoms with Crippen LogP contribution in [0.1, 0.15) is 6.92 Å². The number of carbonyl (C=O) groups is 2. The summed E-state index contributed by atoms with van der Waals surface area (Å²) in [5, 5.41) is 11.0. The minimum Gasteiger partial charge on any atom is -0.480 e. The maximum atomic E-state index is 11.8. The van der Waals surface area contributed by atoms with E-state index in [2.05, 4.69) is 5.32 Å². The second kappa shape index (κ2) is 5.61. The summed E-state index contributed by atoms with van der Waals surface area (Å²) in [6.45, 7) is 1.22. The molecule has 1 aromatic rings. The highest BCUT2D eigenvalue weighted by molar-refractivity contribution is 7.89. The van der Waals surface area contributed by atoms with Crippen LogP contribution in [0.4, 0.5) is 5.69 Å². The van der Waals surface area contributed by atoms with Crippen LogP contribution in [0, 0.1) is 0 Å². The highest BCUT2D eigenvalue weighted by atomic mass is 32.2. The molecule has 0 radical (unpaired) electrons. The third-order valence-corrected chi connectivity index (χ3v) is 3.65. The minimum atomic E-state index is -3.88. The van der Waals surface area contributed by atoms with E-state index in [4.69, 9.17) is 5.11 Å². The van der Waals surface area contributed by atoms with Gasteiger partial charge < -0.3 is 10.4 Å². The minimum absolute atomic E-state index is 0.0768. The fourth-order valence-corrected chi connectivity index (χ4v) is 2.35. The average Bonchev–Trinajstić information content (AvgIpc) is 2.29. The van der Waals surface area contributed by atoms with Gasteiger partial charge in [-0.25, -0.2) is 8.42 Å². The lowest BCUT2D eigenvalue weighted by Crippen LogP contribution is -2.38. The van der Waals surface area contributed by atoms with E-state index in [1.807, 2.05) is 4.72 Å². The number of rotatable bonds is 6. The molecule has 1 rings (SSSR count). The summed E-state index contributed by atoms with van der Waals surface area (Å²) in [6.07, 6.45) is 0.467. The van der Waals surface area contributed by atoms with Gasteiger partial charge in [0.2, 0.25) is 16.4 Å². The number of amides is 1. The van der Waals surface area contributed by atoms with Crippen molar-refractivity contribution in [2.45, 2.75) is 17.9 Å². The first-order valence-electron chi connectivity index (χ1n) is 4.92. The van der Waals surface area contributed by atoms with Crippen LogP contribution in [-0.2, 0) is 19.6 Å². The fraction of sp³-hybridized carbons (Fsp3) is 0.200. The van der Waals surface area contributed by atoms with E-state index in [9.17, 15) is 18.0 Å². The van der Waals surface area contributed by atoms with Crippen molar-refractivity contribution in [3.63, 3.8) is 0 Å². The predicted molar refractivity (Wildman–Crippen MR) is 63.5 cm³/mol. The topological polar surface area (TPSA) is 113 Å². The number of hydrogen-bond donors (Lipinski definition) is 3. The molecule has 1 amide bonds. The van der Waals surface area contributed by atoms with Crippen molar-refractivity contribution >= 4 is 28.1 Å². The molecule has 0 spiro atoms. The zero-order chi connectivity index (χ0) is 13.8. The summed E-state index contributed by atoms with van der Waals surface area (Å²) in [4.78, 5) is 20.7. The first kappa shape index (κ1) is 14.1. The number of nitrogens with one attached hydrogen (secondary N) is 2. The van der Waals surface area contributed by atoms with Crippen LogP contribution in [0.5, 0.6) is 0 Å². The summed E-state index contributed by atoms with van der Waals surface area (Å²) >= 11 is 0. The predicted octanol–water partition coefficient (Wildman–Crippen LogP) is 0.00630. The van der Waals surface area contributed by atoms with E-state index in [0.717, 1.165) is 0 Å². The highest BCUT2D eigenvalue weighted by Crippen LogP contribution is 2.13. The first-order chi connectivity index (χ1) is 8.36. The number of hydrogen-bond acceptors (Lipinski definition) is 4. The van der Waals surface area contributed by atoms with Crippen LogP contribution >= 0.6 is 0 Å². The Kier molecular flexibility index (Phi) is 4.40. The molecule has 18 heavy (non-hydrogen) atoms. The van der Waals surface area contributed by atoms with Gasteiger partial charge in [0.15, 0.2) is 0 Å². The fourth-order valence-electron chi connectivity index (χ4n) is 1.15. The summed E-state index contributed by atoms with van der Waals surface area (Å²) in [5.74, 6) is -1.27. The molecule has 98 valence electrons. The van der Waals surface area contributed by atoms with Crippen molar-refractivity contribution in [3.05, 3.63) is 24.3 Å². The van der Waals surface area contributed by atoms with E-state index in [-0.39, 0.29) is 4.90 Å². The number of carbonyl (C=O) groups excluding carboxylic acids is 1. The van der Waals surface area contributed by atoms with E-state index in [0.29, 0.717) is 12.1 Å². The third kappa shape index (κ3) is 3.54. The van der Waals surface area contributed by atoms with Crippen LogP contribution in [0.2, 0.25) is 0 Å². The SMILES string of the molecule is CC(NS(=O)(=O)c1ccc(NC=O)cc1)C(=O)O. The van der Waals surface area contributed by atoms with Crippen LogP contribution in [0.25, 0.3) is 0 Å². The van der Waals surface area contributed by atoms with E-state index in [1.54, 1.807) is 0 Å². The molecule has 0 fully saturated rings. The zero-order valence-electron chi connectivity index (χ0n) is 9.45. The molecule has 1 atom stereocenters. The number of carboxylic acids is 1. The number of aliphatic carboxylic acids is 1. The van der Waals surface area contributed by atoms with Crippen molar-refractivity contribution in [3.8, 4) is 0 Å². The zero-order valence-corrected chi connectivity index (χ0v) is 10.3. The van der Waals surface area contributed by atoms with Gasteiger partial charge in [0, 0.05) is 5.69 Å². The molecule has 0 aliphatic rings. The number of anilines is 1. The van der Waals surface area contributed by atoms with Gasteiger partial charge in [-0.2, -0.15) is 4.72 Å². The van der Waals surface area contributed by atoms with Gasteiger partial charge in [-0.05, 0) is 31.2 Å². The van der Waals surface area contributed by atoms with Gasteiger partial charge in [0.05, 0.1) is 4.90 Å².